The van der Waals surface area contributed by atoms with Crippen molar-refractivity contribution in [3.05, 3.63) is 22.4 Å². The van der Waals surface area contributed by atoms with E-state index in [2.05, 4.69) is 15.1 Å². The summed E-state index contributed by atoms with van der Waals surface area (Å²) in [5.74, 6) is 0. The number of fused-ring (bicyclic) bond motifs is 1. The molecule has 0 fully saturated rings. The fraction of sp³-hybridized carbons (Fsp3) is 0.143. The fourth-order valence-electron chi connectivity index (χ4n) is 1.19. The first-order chi connectivity index (χ1) is 6.24. The third-order valence-corrected chi connectivity index (χ3v) is 1.73. The molecular formula is C7H5N5O. The SMILES string of the molecule is Cn1nc(C#N)c2nc[nH]c(=O)c21. The maximum atomic E-state index is 11.3. The summed E-state index contributed by atoms with van der Waals surface area (Å²) in [5.41, 5.74) is 0.540. The number of aromatic amines is 1. The molecule has 0 amide bonds. The highest BCUT2D eigenvalue weighted by molar-refractivity contribution is 5.78. The predicted octanol–water partition coefficient (Wildman–Crippen LogP) is -0.472. The lowest BCUT2D eigenvalue weighted by Crippen LogP contribution is -2.09. The van der Waals surface area contributed by atoms with Gasteiger partial charge in [-0.1, -0.05) is 0 Å². The maximum absolute atomic E-state index is 11.3. The van der Waals surface area contributed by atoms with Gasteiger partial charge in [-0.05, 0) is 0 Å². The zero-order valence-electron chi connectivity index (χ0n) is 6.77. The van der Waals surface area contributed by atoms with E-state index in [1.54, 1.807) is 7.05 Å². The van der Waals surface area contributed by atoms with Crippen LogP contribution in [0.5, 0.6) is 0 Å². The van der Waals surface area contributed by atoms with Crippen molar-refractivity contribution in [2.75, 3.05) is 0 Å². The largest absolute Gasteiger partial charge is 0.311 e. The molecular weight excluding hydrogens is 170 g/mol. The highest BCUT2D eigenvalue weighted by atomic mass is 16.1. The minimum absolute atomic E-state index is 0.170. The number of aryl methyl sites for hydroxylation is 1. The second-order valence-corrected chi connectivity index (χ2v) is 2.51. The molecule has 0 unspecified atom stereocenters. The van der Waals surface area contributed by atoms with Gasteiger partial charge in [-0.25, -0.2) is 4.98 Å². The van der Waals surface area contributed by atoms with Crippen LogP contribution in [0, 0.1) is 11.3 Å². The van der Waals surface area contributed by atoms with E-state index in [9.17, 15) is 4.79 Å². The van der Waals surface area contributed by atoms with E-state index >= 15 is 0 Å². The lowest BCUT2D eigenvalue weighted by Gasteiger charge is -1.88. The van der Waals surface area contributed by atoms with Crippen LogP contribution in [0.1, 0.15) is 5.69 Å². The lowest BCUT2D eigenvalue weighted by atomic mass is 10.4. The minimum atomic E-state index is -0.290. The van der Waals surface area contributed by atoms with Crippen LogP contribution in [-0.2, 0) is 7.05 Å². The molecule has 2 aromatic rings. The average Bonchev–Trinajstić information content (AvgIpc) is 2.44. The van der Waals surface area contributed by atoms with Gasteiger partial charge >= 0.3 is 0 Å². The van der Waals surface area contributed by atoms with Gasteiger partial charge < -0.3 is 4.98 Å². The Balaban J connectivity index is 3.07. The predicted molar refractivity (Wildman–Crippen MR) is 43.8 cm³/mol. The molecule has 0 spiro atoms. The van der Waals surface area contributed by atoms with Crippen LogP contribution < -0.4 is 5.56 Å². The molecule has 2 heterocycles. The second kappa shape index (κ2) is 2.42. The molecule has 0 aliphatic heterocycles. The Morgan fingerprint density at radius 1 is 1.69 bits per heavy atom. The van der Waals surface area contributed by atoms with Crippen LogP contribution in [0.15, 0.2) is 11.1 Å². The summed E-state index contributed by atoms with van der Waals surface area (Å²) >= 11 is 0. The van der Waals surface area contributed by atoms with Gasteiger partial charge in [0, 0.05) is 7.05 Å². The van der Waals surface area contributed by atoms with Crippen molar-refractivity contribution >= 4 is 11.0 Å². The summed E-state index contributed by atoms with van der Waals surface area (Å²) in [6.07, 6.45) is 1.26. The number of nitriles is 1. The Morgan fingerprint density at radius 2 is 2.46 bits per heavy atom. The van der Waals surface area contributed by atoms with Crippen molar-refractivity contribution in [2.45, 2.75) is 0 Å². The topological polar surface area (TPSA) is 87.4 Å². The van der Waals surface area contributed by atoms with Gasteiger partial charge in [0.25, 0.3) is 5.56 Å². The monoisotopic (exact) mass is 175 g/mol. The standard InChI is InChI=1S/C7H5N5O/c1-12-6-5(4(2-8)11-12)9-3-10-7(6)13/h3H,1H3,(H,9,10,13). The van der Waals surface area contributed by atoms with Gasteiger partial charge in [0.15, 0.2) is 11.2 Å². The van der Waals surface area contributed by atoms with Gasteiger partial charge in [-0.2, -0.15) is 10.4 Å². The highest BCUT2D eigenvalue weighted by Crippen LogP contribution is 2.08. The number of nitrogens with one attached hydrogen (secondary N) is 1. The van der Waals surface area contributed by atoms with E-state index in [0.717, 1.165) is 0 Å². The maximum Gasteiger partial charge on any atom is 0.276 e. The quantitative estimate of drug-likeness (QED) is 0.586. The van der Waals surface area contributed by atoms with E-state index in [1.165, 1.54) is 11.0 Å². The molecule has 0 bridgehead atoms. The Hall–Kier alpha value is -2.16. The van der Waals surface area contributed by atoms with Gasteiger partial charge in [0.05, 0.1) is 6.33 Å². The molecule has 0 atom stereocenters. The van der Waals surface area contributed by atoms with Crippen molar-refractivity contribution in [2.24, 2.45) is 7.05 Å². The smallest absolute Gasteiger partial charge is 0.276 e. The summed E-state index contributed by atoms with van der Waals surface area (Å²) in [6, 6.07) is 1.87. The fourth-order valence-corrected chi connectivity index (χ4v) is 1.19. The zero-order chi connectivity index (χ0) is 9.42. The summed E-state index contributed by atoms with van der Waals surface area (Å²) in [7, 11) is 1.60. The van der Waals surface area contributed by atoms with E-state index in [4.69, 9.17) is 5.26 Å². The molecule has 6 nitrogen and oxygen atoms in total. The Morgan fingerprint density at radius 3 is 3.15 bits per heavy atom. The molecule has 0 radical (unpaired) electrons. The summed E-state index contributed by atoms with van der Waals surface area (Å²) in [5, 5.41) is 12.5. The first kappa shape index (κ1) is 7.49. The first-order valence-corrected chi connectivity index (χ1v) is 3.54. The first-order valence-electron chi connectivity index (χ1n) is 3.54. The molecule has 0 aliphatic carbocycles. The molecule has 0 saturated heterocycles. The van der Waals surface area contributed by atoms with E-state index < -0.39 is 0 Å². The number of rotatable bonds is 0. The third kappa shape index (κ3) is 0.906. The minimum Gasteiger partial charge on any atom is -0.311 e. The van der Waals surface area contributed by atoms with Crippen molar-refractivity contribution in [1.82, 2.24) is 19.7 Å². The zero-order valence-corrected chi connectivity index (χ0v) is 6.77. The molecule has 2 rings (SSSR count). The van der Waals surface area contributed by atoms with Crippen LogP contribution in [0.3, 0.4) is 0 Å². The van der Waals surface area contributed by atoms with Crippen molar-refractivity contribution in [3.63, 3.8) is 0 Å². The van der Waals surface area contributed by atoms with Crippen LogP contribution in [0.25, 0.3) is 11.0 Å². The normalized spacial score (nSPS) is 10.2. The van der Waals surface area contributed by atoms with Crippen LogP contribution in [0.2, 0.25) is 0 Å². The molecule has 1 N–H and O–H groups in total. The van der Waals surface area contributed by atoms with E-state index in [1.807, 2.05) is 6.07 Å². The third-order valence-electron chi connectivity index (χ3n) is 1.73. The highest BCUT2D eigenvalue weighted by Gasteiger charge is 2.11. The van der Waals surface area contributed by atoms with Gasteiger partial charge in [-0.15, -0.1) is 0 Å². The molecule has 64 valence electrons. The van der Waals surface area contributed by atoms with Gasteiger partial charge in [0.1, 0.15) is 11.6 Å². The Kier molecular flexibility index (Phi) is 1.39. The number of hydrogen-bond donors (Lipinski definition) is 1. The van der Waals surface area contributed by atoms with Gasteiger partial charge in [0.2, 0.25) is 0 Å². The van der Waals surface area contributed by atoms with Crippen LogP contribution in [0.4, 0.5) is 0 Å². The molecule has 0 saturated carbocycles. The van der Waals surface area contributed by atoms with Crippen molar-refractivity contribution in [3.8, 4) is 6.07 Å². The van der Waals surface area contributed by atoms with Crippen LogP contribution >= 0.6 is 0 Å². The number of hydrogen-bond acceptors (Lipinski definition) is 4. The molecule has 2 aromatic heterocycles. The lowest BCUT2D eigenvalue weighted by molar-refractivity contribution is 0.786. The number of nitrogens with zero attached hydrogens (tertiary/aromatic N) is 4. The molecule has 0 aromatic carbocycles. The summed E-state index contributed by atoms with van der Waals surface area (Å²) < 4.78 is 1.35. The van der Waals surface area contributed by atoms with Crippen molar-refractivity contribution < 1.29 is 0 Å². The Bertz CT molecular complexity index is 558. The van der Waals surface area contributed by atoms with E-state index in [-0.39, 0.29) is 11.3 Å². The Labute approximate surface area is 72.4 Å². The average molecular weight is 175 g/mol. The molecule has 0 aliphatic rings. The summed E-state index contributed by atoms with van der Waals surface area (Å²) in [6.45, 7) is 0. The van der Waals surface area contributed by atoms with Crippen LogP contribution in [-0.4, -0.2) is 19.7 Å². The van der Waals surface area contributed by atoms with Crippen molar-refractivity contribution in [1.29, 1.82) is 5.26 Å². The summed E-state index contributed by atoms with van der Waals surface area (Å²) in [4.78, 5) is 17.6. The van der Waals surface area contributed by atoms with Gasteiger partial charge in [-0.3, -0.25) is 9.48 Å². The van der Waals surface area contributed by atoms with E-state index in [0.29, 0.717) is 11.0 Å². The molecule has 6 heteroatoms. The second-order valence-electron chi connectivity index (χ2n) is 2.51. The number of H-pyrrole nitrogens is 1. The number of aromatic nitrogens is 4. The molecule has 13 heavy (non-hydrogen) atoms.